The Balaban J connectivity index is 2.49. The molecule has 7 heteroatoms. The summed E-state index contributed by atoms with van der Waals surface area (Å²) in [6.07, 6.45) is 1.18. The van der Waals surface area contributed by atoms with Crippen LogP contribution in [0.4, 0.5) is 5.69 Å². The Labute approximate surface area is 88.5 Å². The summed E-state index contributed by atoms with van der Waals surface area (Å²) in [5, 5.41) is 22.3. The maximum Gasteiger partial charge on any atom is 0.335 e. The maximum atomic E-state index is 10.7. The smallest absolute Gasteiger partial charge is 0.258 e. The molecule has 78 valence electrons. The van der Waals surface area contributed by atoms with E-state index in [9.17, 15) is 10.1 Å². The second-order valence-corrected chi connectivity index (χ2v) is 3.21. The Morgan fingerprint density at radius 3 is 2.88 bits per heavy atom. The fourth-order valence-corrected chi connectivity index (χ4v) is 1.56. The second kappa shape index (κ2) is 2.96. The van der Waals surface area contributed by atoms with E-state index < -0.39 is 4.92 Å². The highest BCUT2D eigenvalue weighted by molar-refractivity contribution is 5.77. The van der Waals surface area contributed by atoms with E-state index in [1.165, 1.54) is 10.7 Å². The van der Waals surface area contributed by atoms with Crippen LogP contribution in [0, 0.1) is 10.1 Å². The Bertz CT molecular complexity index is 705. The van der Waals surface area contributed by atoms with Crippen molar-refractivity contribution >= 4 is 22.4 Å². The number of fused-ring (bicyclic) bond motifs is 3. The molecule has 0 saturated carbocycles. The van der Waals surface area contributed by atoms with Crippen molar-refractivity contribution in [3.05, 3.63) is 40.6 Å². The molecule has 0 saturated heterocycles. The standard InChI is InChI=1S/C9H5N5O2/c15-14(16)8-5-10-13-7-4-2-1-3-6(7)11-12-9(8)13/h1-5H. The normalized spacial score (nSPS) is 11.0. The third-order valence-corrected chi connectivity index (χ3v) is 2.28. The van der Waals surface area contributed by atoms with Gasteiger partial charge in [0, 0.05) is 0 Å². The molecule has 3 rings (SSSR count). The molecule has 2 heterocycles. The van der Waals surface area contributed by atoms with Gasteiger partial charge in [-0.25, -0.2) is 4.52 Å². The van der Waals surface area contributed by atoms with Gasteiger partial charge in [-0.1, -0.05) is 12.1 Å². The van der Waals surface area contributed by atoms with Gasteiger partial charge < -0.3 is 0 Å². The zero-order chi connectivity index (χ0) is 11.1. The number of nitro groups is 1. The summed E-state index contributed by atoms with van der Waals surface area (Å²) >= 11 is 0. The first-order chi connectivity index (χ1) is 7.77. The fourth-order valence-electron chi connectivity index (χ4n) is 1.56. The largest absolute Gasteiger partial charge is 0.335 e. The Morgan fingerprint density at radius 2 is 2.06 bits per heavy atom. The monoisotopic (exact) mass is 215 g/mol. The summed E-state index contributed by atoms with van der Waals surface area (Å²) in [5.74, 6) is 0. The molecule has 0 spiro atoms. The Kier molecular flexibility index (Phi) is 1.61. The first-order valence-electron chi connectivity index (χ1n) is 4.51. The summed E-state index contributed by atoms with van der Waals surface area (Å²) in [6, 6.07) is 7.20. The van der Waals surface area contributed by atoms with Crippen molar-refractivity contribution in [3.8, 4) is 0 Å². The molecule has 0 aliphatic rings. The first-order valence-corrected chi connectivity index (χ1v) is 4.51. The summed E-state index contributed by atoms with van der Waals surface area (Å²) in [4.78, 5) is 10.2. The lowest BCUT2D eigenvalue weighted by atomic mass is 10.3. The SMILES string of the molecule is O=[N+]([O-])c1cnn2c1nnc1ccccc12. The van der Waals surface area contributed by atoms with Crippen molar-refractivity contribution in [1.82, 2.24) is 19.8 Å². The van der Waals surface area contributed by atoms with Gasteiger partial charge in [-0.05, 0) is 12.1 Å². The summed E-state index contributed by atoms with van der Waals surface area (Å²) in [6.45, 7) is 0. The van der Waals surface area contributed by atoms with Crippen LogP contribution in [0.3, 0.4) is 0 Å². The quantitative estimate of drug-likeness (QED) is 0.449. The number of aromatic nitrogens is 4. The molecule has 16 heavy (non-hydrogen) atoms. The molecule has 0 radical (unpaired) electrons. The average molecular weight is 215 g/mol. The van der Waals surface area contributed by atoms with E-state index >= 15 is 0 Å². The lowest BCUT2D eigenvalue weighted by molar-refractivity contribution is -0.383. The molecule has 7 nitrogen and oxygen atoms in total. The molecule has 3 aromatic rings. The van der Waals surface area contributed by atoms with Crippen molar-refractivity contribution in [2.45, 2.75) is 0 Å². The van der Waals surface area contributed by atoms with Crippen LogP contribution in [0.25, 0.3) is 16.7 Å². The van der Waals surface area contributed by atoms with E-state index in [4.69, 9.17) is 0 Å². The van der Waals surface area contributed by atoms with Crippen molar-refractivity contribution < 1.29 is 4.92 Å². The van der Waals surface area contributed by atoms with Crippen molar-refractivity contribution in [2.24, 2.45) is 0 Å². The molecule has 0 atom stereocenters. The zero-order valence-corrected chi connectivity index (χ0v) is 7.94. The molecule has 0 unspecified atom stereocenters. The van der Waals surface area contributed by atoms with Crippen LogP contribution in [-0.4, -0.2) is 24.7 Å². The average Bonchev–Trinajstić information content (AvgIpc) is 2.73. The van der Waals surface area contributed by atoms with Crippen molar-refractivity contribution in [1.29, 1.82) is 0 Å². The number of rotatable bonds is 1. The van der Waals surface area contributed by atoms with Gasteiger partial charge in [0.1, 0.15) is 11.7 Å². The third-order valence-electron chi connectivity index (χ3n) is 2.28. The van der Waals surface area contributed by atoms with Crippen LogP contribution >= 0.6 is 0 Å². The van der Waals surface area contributed by atoms with E-state index in [0.29, 0.717) is 11.0 Å². The molecule has 1 aromatic carbocycles. The molecular weight excluding hydrogens is 210 g/mol. The number of nitrogens with zero attached hydrogens (tertiary/aromatic N) is 5. The number of benzene rings is 1. The van der Waals surface area contributed by atoms with Gasteiger partial charge in [0.25, 0.3) is 5.65 Å². The summed E-state index contributed by atoms with van der Waals surface area (Å²) < 4.78 is 1.42. The molecule has 0 bridgehead atoms. The van der Waals surface area contributed by atoms with E-state index in [0.717, 1.165) is 0 Å². The van der Waals surface area contributed by atoms with Crippen LogP contribution in [0.5, 0.6) is 0 Å². The third kappa shape index (κ3) is 1.05. The van der Waals surface area contributed by atoms with Gasteiger partial charge in [0.05, 0.1) is 10.4 Å². The van der Waals surface area contributed by atoms with E-state index in [-0.39, 0.29) is 11.3 Å². The molecule has 0 aliphatic heterocycles. The summed E-state index contributed by atoms with van der Waals surface area (Å²) in [7, 11) is 0. The molecular formula is C9H5N5O2. The lowest BCUT2D eigenvalue weighted by Gasteiger charge is -1.97. The van der Waals surface area contributed by atoms with Crippen LogP contribution in [0.1, 0.15) is 0 Å². The highest BCUT2D eigenvalue weighted by Crippen LogP contribution is 2.19. The van der Waals surface area contributed by atoms with Gasteiger partial charge in [0.2, 0.25) is 0 Å². The van der Waals surface area contributed by atoms with Gasteiger partial charge >= 0.3 is 5.69 Å². The molecule has 0 aliphatic carbocycles. The van der Waals surface area contributed by atoms with E-state index in [1.807, 2.05) is 12.1 Å². The van der Waals surface area contributed by atoms with E-state index in [1.54, 1.807) is 12.1 Å². The fraction of sp³-hybridized carbons (Fsp3) is 0. The van der Waals surface area contributed by atoms with Gasteiger partial charge in [-0.3, -0.25) is 10.1 Å². The van der Waals surface area contributed by atoms with Crippen molar-refractivity contribution in [3.63, 3.8) is 0 Å². The zero-order valence-electron chi connectivity index (χ0n) is 7.94. The molecule has 0 fully saturated rings. The Morgan fingerprint density at radius 1 is 1.25 bits per heavy atom. The predicted octanol–water partition coefficient (Wildman–Crippen LogP) is 1.19. The highest BCUT2D eigenvalue weighted by Gasteiger charge is 2.17. The number of hydrogen-bond acceptors (Lipinski definition) is 5. The van der Waals surface area contributed by atoms with Gasteiger partial charge in [-0.2, -0.15) is 5.10 Å². The lowest BCUT2D eigenvalue weighted by Crippen LogP contribution is -1.97. The minimum atomic E-state index is -0.522. The minimum absolute atomic E-state index is 0.141. The minimum Gasteiger partial charge on any atom is -0.258 e. The molecule has 2 aromatic heterocycles. The van der Waals surface area contributed by atoms with Gasteiger partial charge in [0.15, 0.2) is 0 Å². The van der Waals surface area contributed by atoms with E-state index in [2.05, 4.69) is 15.3 Å². The van der Waals surface area contributed by atoms with Crippen molar-refractivity contribution in [2.75, 3.05) is 0 Å². The van der Waals surface area contributed by atoms with Crippen LogP contribution in [0.2, 0.25) is 0 Å². The first kappa shape index (κ1) is 8.72. The van der Waals surface area contributed by atoms with Gasteiger partial charge in [-0.15, -0.1) is 10.2 Å². The van der Waals surface area contributed by atoms with Crippen LogP contribution in [-0.2, 0) is 0 Å². The second-order valence-electron chi connectivity index (χ2n) is 3.21. The maximum absolute atomic E-state index is 10.7. The summed E-state index contributed by atoms with van der Waals surface area (Å²) in [5.41, 5.74) is 1.36. The Hall–Kier alpha value is -2.57. The number of para-hydroxylation sites is 1. The predicted molar refractivity (Wildman–Crippen MR) is 54.9 cm³/mol. The van der Waals surface area contributed by atoms with Crippen LogP contribution < -0.4 is 0 Å². The number of hydrogen-bond donors (Lipinski definition) is 0. The highest BCUT2D eigenvalue weighted by atomic mass is 16.6. The molecule has 0 amide bonds. The topological polar surface area (TPSA) is 86.2 Å². The molecule has 0 N–H and O–H groups in total. The van der Waals surface area contributed by atoms with Crippen LogP contribution in [0.15, 0.2) is 30.5 Å².